The van der Waals surface area contributed by atoms with E-state index in [1.54, 1.807) is 11.9 Å². The van der Waals surface area contributed by atoms with Crippen molar-refractivity contribution in [2.75, 3.05) is 11.9 Å². The van der Waals surface area contributed by atoms with Gasteiger partial charge in [0.1, 0.15) is 5.82 Å². The smallest absolute Gasteiger partial charge is 0.278 e. The second kappa shape index (κ2) is 8.03. The second-order valence-electron chi connectivity index (χ2n) is 7.85. The van der Waals surface area contributed by atoms with Gasteiger partial charge in [0.05, 0.1) is 5.69 Å². The molecule has 0 saturated carbocycles. The number of imidazole rings is 1. The Morgan fingerprint density at radius 1 is 1.07 bits per heavy atom. The Morgan fingerprint density at radius 3 is 2.59 bits per heavy atom. The first kappa shape index (κ1) is 19.7. The van der Waals surface area contributed by atoms with Gasteiger partial charge in [0, 0.05) is 29.9 Å². The number of aromatic nitrogens is 2. The maximum Gasteiger partial charge on any atom is 0.278 e. The van der Waals surface area contributed by atoms with Crippen molar-refractivity contribution in [1.29, 1.82) is 0 Å². The average Bonchev–Trinajstić information content (AvgIpc) is 2.90. The Balaban J connectivity index is 1.79. The molecule has 4 nitrogen and oxygen atoms in total. The SMILES string of the molecule is Cc1ccc(-c2nc(C(=O)N(C)c3cc(Cl)ccc3C)c3n2CCCCC3)cc1. The number of benzene rings is 2. The van der Waals surface area contributed by atoms with E-state index >= 15 is 0 Å². The molecule has 0 N–H and O–H groups in total. The highest BCUT2D eigenvalue weighted by atomic mass is 35.5. The van der Waals surface area contributed by atoms with Gasteiger partial charge in [0.15, 0.2) is 5.69 Å². The fourth-order valence-electron chi connectivity index (χ4n) is 4.03. The molecule has 150 valence electrons. The largest absolute Gasteiger partial charge is 0.327 e. The van der Waals surface area contributed by atoms with E-state index in [9.17, 15) is 4.79 Å². The number of anilines is 1. The van der Waals surface area contributed by atoms with E-state index in [4.69, 9.17) is 16.6 Å². The van der Waals surface area contributed by atoms with Gasteiger partial charge in [-0.05, 0) is 50.8 Å². The van der Waals surface area contributed by atoms with Crippen LogP contribution in [-0.2, 0) is 13.0 Å². The van der Waals surface area contributed by atoms with E-state index in [1.807, 2.05) is 25.1 Å². The molecular formula is C24H26ClN3O. The molecule has 0 bridgehead atoms. The van der Waals surface area contributed by atoms with Gasteiger partial charge in [0.2, 0.25) is 0 Å². The van der Waals surface area contributed by atoms with Gasteiger partial charge in [0.25, 0.3) is 5.91 Å². The summed E-state index contributed by atoms with van der Waals surface area (Å²) in [5.41, 5.74) is 5.70. The average molecular weight is 408 g/mol. The van der Waals surface area contributed by atoms with Gasteiger partial charge in [-0.15, -0.1) is 0 Å². The highest BCUT2D eigenvalue weighted by Gasteiger charge is 2.27. The van der Waals surface area contributed by atoms with Gasteiger partial charge in [-0.3, -0.25) is 4.79 Å². The number of aryl methyl sites for hydroxylation is 2. The minimum absolute atomic E-state index is 0.0839. The van der Waals surface area contributed by atoms with Crippen LogP contribution in [-0.4, -0.2) is 22.5 Å². The zero-order valence-electron chi connectivity index (χ0n) is 17.2. The summed E-state index contributed by atoms with van der Waals surface area (Å²) in [5, 5.41) is 0.620. The molecule has 2 aromatic carbocycles. The highest BCUT2D eigenvalue weighted by molar-refractivity contribution is 6.31. The van der Waals surface area contributed by atoms with Crippen LogP contribution in [0.3, 0.4) is 0 Å². The van der Waals surface area contributed by atoms with Gasteiger partial charge in [-0.25, -0.2) is 4.98 Å². The number of halogens is 1. The molecule has 0 unspecified atom stereocenters. The van der Waals surface area contributed by atoms with E-state index in [0.29, 0.717) is 10.7 Å². The maximum absolute atomic E-state index is 13.5. The van der Waals surface area contributed by atoms with Crippen LogP contribution < -0.4 is 4.90 Å². The predicted molar refractivity (Wildman–Crippen MR) is 119 cm³/mol. The first-order chi connectivity index (χ1) is 14.0. The van der Waals surface area contributed by atoms with Gasteiger partial charge in [-0.1, -0.05) is 53.9 Å². The van der Waals surface area contributed by atoms with Crippen molar-refractivity contribution in [2.45, 2.75) is 46.1 Å². The summed E-state index contributed by atoms with van der Waals surface area (Å²) >= 11 is 6.19. The van der Waals surface area contributed by atoms with Gasteiger partial charge >= 0.3 is 0 Å². The van der Waals surface area contributed by atoms with Crippen LogP contribution in [0.1, 0.15) is 46.6 Å². The number of fused-ring (bicyclic) bond motifs is 1. The molecule has 0 atom stereocenters. The van der Waals surface area contributed by atoms with Crippen molar-refractivity contribution < 1.29 is 4.79 Å². The van der Waals surface area contributed by atoms with Crippen molar-refractivity contribution in [3.63, 3.8) is 0 Å². The molecule has 0 fully saturated rings. The molecule has 0 aliphatic carbocycles. The molecule has 5 heteroatoms. The number of carbonyl (C=O) groups is 1. The van der Waals surface area contributed by atoms with Crippen molar-refractivity contribution in [2.24, 2.45) is 0 Å². The number of carbonyl (C=O) groups excluding carboxylic acids is 1. The summed E-state index contributed by atoms with van der Waals surface area (Å²) in [5.74, 6) is 0.806. The molecule has 29 heavy (non-hydrogen) atoms. The van der Waals surface area contributed by atoms with Crippen LogP contribution in [0, 0.1) is 13.8 Å². The van der Waals surface area contributed by atoms with Crippen LogP contribution in [0.15, 0.2) is 42.5 Å². The summed E-state index contributed by atoms with van der Waals surface area (Å²) in [7, 11) is 1.80. The molecule has 1 aliphatic heterocycles. The quantitative estimate of drug-likeness (QED) is 0.548. The Morgan fingerprint density at radius 2 is 1.83 bits per heavy atom. The Bertz CT molecular complexity index is 1050. The number of hydrogen-bond acceptors (Lipinski definition) is 2. The lowest BCUT2D eigenvalue weighted by molar-refractivity contribution is 0.0987. The summed E-state index contributed by atoms with van der Waals surface area (Å²) in [6.07, 6.45) is 4.24. The molecule has 1 amide bonds. The lowest BCUT2D eigenvalue weighted by atomic mass is 10.1. The molecule has 1 aliphatic rings. The molecule has 1 aromatic heterocycles. The monoisotopic (exact) mass is 407 g/mol. The van der Waals surface area contributed by atoms with Crippen LogP contribution in [0.2, 0.25) is 5.02 Å². The summed E-state index contributed by atoms with van der Waals surface area (Å²) in [4.78, 5) is 20.0. The summed E-state index contributed by atoms with van der Waals surface area (Å²) in [6, 6.07) is 14.0. The normalized spacial score (nSPS) is 13.7. The molecule has 4 rings (SSSR count). The van der Waals surface area contributed by atoms with Crippen molar-refractivity contribution >= 4 is 23.2 Å². The standard InChI is InChI=1S/C24H26ClN3O/c1-16-8-11-18(12-9-16)23-26-22(20-7-5-4-6-14-28(20)23)24(29)27(3)21-15-19(25)13-10-17(21)2/h8-13,15H,4-7,14H2,1-3H3. The molecule has 3 aromatic rings. The topological polar surface area (TPSA) is 38.1 Å². The molecular weight excluding hydrogens is 382 g/mol. The fraction of sp³-hybridized carbons (Fsp3) is 0.333. The van der Waals surface area contributed by atoms with Crippen LogP contribution in [0.25, 0.3) is 11.4 Å². The van der Waals surface area contributed by atoms with E-state index in [2.05, 4.69) is 35.8 Å². The Kier molecular flexibility index (Phi) is 5.46. The van der Waals surface area contributed by atoms with E-state index in [1.165, 1.54) is 12.0 Å². The summed E-state index contributed by atoms with van der Waals surface area (Å²) in [6.45, 7) is 4.96. The maximum atomic E-state index is 13.5. The zero-order chi connectivity index (χ0) is 20.5. The minimum Gasteiger partial charge on any atom is -0.327 e. The highest BCUT2D eigenvalue weighted by Crippen LogP contribution is 2.30. The Hall–Kier alpha value is -2.59. The van der Waals surface area contributed by atoms with E-state index < -0.39 is 0 Å². The molecule has 0 radical (unpaired) electrons. The zero-order valence-corrected chi connectivity index (χ0v) is 18.0. The third kappa shape index (κ3) is 3.82. The first-order valence-corrected chi connectivity index (χ1v) is 10.5. The van der Waals surface area contributed by atoms with Crippen LogP contribution in [0.4, 0.5) is 5.69 Å². The molecule has 0 spiro atoms. The number of hydrogen-bond donors (Lipinski definition) is 0. The molecule has 2 heterocycles. The van der Waals surface area contributed by atoms with Gasteiger partial charge < -0.3 is 9.47 Å². The fourth-order valence-corrected chi connectivity index (χ4v) is 4.19. The van der Waals surface area contributed by atoms with Crippen molar-refractivity contribution in [3.8, 4) is 11.4 Å². The van der Waals surface area contributed by atoms with Crippen LogP contribution in [0.5, 0.6) is 0 Å². The third-order valence-corrected chi connectivity index (χ3v) is 5.95. The lowest BCUT2D eigenvalue weighted by Crippen LogP contribution is -2.28. The van der Waals surface area contributed by atoms with E-state index in [-0.39, 0.29) is 5.91 Å². The van der Waals surface area contributed by atoms with Crippen molar-refractivity contribution in [1.82, 2.24) is 9.55 Å². The van der Waals surface area contributed by atoms with Crippen LogP contribution >= 0.6 is 11.6 Å². The predicted octanol–water partition coefficient (Wildman–Crippen LogP) is 5.82. The number of rotatable bonds is 3. The lowest BCUT2D eigenvalue weighted by Gasteiger charge is -2.19. The molecule has 0 saturated heterocycles. The first-order valence-electron chi connectivity index (χ1n) is 10.2. The number of nitrogens with zero attached hydrogens (tertiary/aromatic N) is 3. The summed E-state index contributed by atoms with van der Waals surface area (Å²) < 4.78 is 2.25. The van der Waals surface area contributed by atoms with E-state index in [0.717, 1.165) is 54.1 Å². The second-order valence-corrected chi connectivity index (χ2v) is 8.29. The minimum atomic E-state index is -0.0839. The Labute approximate surface area is 177 Å². The number of amides is 1. The third-order valence-electron chi connectivity index (χ3n) is 5.72. The van der Waals surface area contributed by atoms with Crippen molar-refractivity contribution in [3.05, 3.63) is 70.0 Å². The van der Waals surface area contributed by atoms with Gasteiger partial charge in [-0.2, -0.15) is 0 Å².